The Bertz CT molecular complexity index is 439. The van der Waals surface area contributed by atoms with Gasteiger partial charge in [-0.2, -0.15) is 0 Å². The average molecular weight is 301 g/mol. The number of aliphatic carboxylic acids is 1. The molecule has 0 saturated carbocycles. The quantitative estimate of drug-likeness (QED) is 0.470. The van der Waals surface area contributed by atoms with Gasteiger partial charge in [0.2, 0.25) is 17.7 Å². The van der Waals surface area contributed by atoms with Gasteiger partial charge in [0, 0.05) is 26.6 Å². The van der Waals surface area contributed by atoms with E-state index in [1.165, 1.54) is 12.0 Å². The first-order chi connectivity index (χ1) is 9.85. The van der Waals surface area contributed by atoms with E-state index in [4.69, 9.17) is 15.6 Å². The number of nitrogens with one attached hydrogen (secondary N) is 1. The van der Waals surface area contributed by atoms with Crippen molar-refractivity contribution in [3.05, 3.63) is 0 Å². The first-order valence-electron chi connectivity index (χ1n) is 6.43. The second-order valence-corrected chi connectivity index (χ2v) is 4.80. The molecule has 0 aromatic rings. The lowest BCUT2D eigenvalue weighted by Crippen LogP contribution is -2.46. The predicted molar refractivity (Wildman–Crippen MR) is 69.9 cm³/mol. The molecular formula is C12H19N3O6. The van der Waals surface area contributed by atoms with Crippen LogP contribution in [0.2, 0.25) is 0 Å². The molecule has 0 bridgehead atoms. The number of carboxylic acid groups (broad SMARTS) is 1. The van der Waals surface area contributed by atoms with E-state index in [1.54, 1.807) is 0 Å². The van der Waals surface area contributed by atoms with E-state index in [2.05, 4.69) is 5.32 Å². The van der Waals surface area contributed by atoms with Crippen LogP contribution in [0.5, 0.6) is 0 Å². The molecular weight excluding hydrogens is 282 g/mol. The summed E-state index contributed by atoms with van der Waals surface area (Å²) in [6.45, 7) is 0.944. The molecule has 2 unspecified atom stereocenters. The standard InChI is InChI=1S/C12H19N3O6/c1-21-3-2-15-6-7(4-10(15)17)11(18)14-8(12(19)20)5-9(13)16/h7-8H,2-6H2,1H3,(H2,13,16)(H,14,18)(H,19,20). The van der Waals surface area contributed by atoms with Crippen molar-refractivity contribution < 1.29 is 29.0 Å². The van der Waals surface area contributed by atoms with Crippen molar-refractivity contribution in [2.75, 3.05) is 26.8 Å². The normalized spacial score (nSPS) is 19.4. The molecule has 4 N–H and O–H groups in total. The molecule has 1 fully saturated rings. The molecule has 0 aliphatic carbocycles. The number of carbonyl (C=O) groups is 4. The van der Waals surface area contributed by atoms with E-state index in [0.717, 1.165) is 0 Å². The maximum atomic E-state index is 12.0. The van der Waals surface area contributed by atoms with Crippen molar-refractivity contribution in [2.24, 2.45) is 11.7 Å². The molecule has 1 aliphatic rings. The van der Waals surface area contributed by atoms with Crippen molar-refractivity contribution in [2.45, 2.75) is 18.9 Å². The third kappa shape index (κ3) is 5.03. The van der Waals surface area contributed by atoms with Crippen molar-refractivity contribution in [1.82, 2.24) is 10.2 Å². The lowest BCUT2D eigenvalue weighted by atomic mass is 10.1. The van der Waals surface area contributed by atoms with Crippen LogP contribution in [0.4, 0.5) is 0 Å². The third-order valence-electron chi connectivity index (χ3n) is 3.17. The highest BCUT2D eigenvalue weighted by Gasteiger charge is 2.35. The van der Waals surface area contributed by atoms with Crippen LogP contribution in [0.3, 0.4) is 0 Å². The lowest BCUT2D eigenvalue weighted by molar-refractivity contribution is -0.143. The summed E-state index contributed by atoms with van der Waals surface area (Å²) >= 11 is 0. The fourth-order valence-electron chi connectivity index (χ4n) is 2.06. The Morgan fingerprint density at radius 1 is 1.52 bits per heavy atom. The Hall–Kier alpha value is -2.16. The minimum Gasteiger partial charge on any atom is -0.480 e. The molecule has 0 radical (unpaired) electrons. The molecule has 1 aliphatic heterocycles. The van der Waals surface area contributed by atoms with Gasteiger partial charge < -0.3 is 25.8 Å². The van der Waals surface area contributed by atoms with Gasteiger partial charge in [0.05, 0.1) is 18.9 Å². The second-order valence-electron chi connectivity index (χ2n) is 4.80. The maximum absolute atomic E-state index is 12.0. The van der Waals surface area contributed by atoms with Crippen LogP contribution >= 0.6 is 0 Å². The number of likely N-dealkylation sites (tertiary alicyclic amines) is 1. The van der Waals surface area contributed by atoms with Gasteiger partial charge in [-0.15, -0.1) is 0 Å². The van der Waals surface area contributed by atoms with Crippen LogP contribution in [0, 0.1) is 5.92 Å². The van der Waals surface area contributed by atoms with Crippen LogP contribution in [0.25, 0.3) is 0 Å². The van der Waals surface area contributed by atoms with E-state index < -0.39 is 36.2 Å². The monoisotopic (exact) mass is 301 g/mol. The SMILES string of the molecule is COCCN1CC(C(=O)NC(CC(N)=O)C(=O)O)CC1=O. The summed E-state index contributed by atoms with van der Waals surface area (Å²) in [5, 5.41) is 11.2. The molecule has 2 atom stereocenters. The Morgan fingerprint density at radius 2 is 2.19 bits per heavy atom. The van der Waals surface area contributed by atoms with E-state index in [9.17, 15) is 19.2 Å². The third-order valence-corrected chi connectivity index (χ3v) is 3.17. The summed E-state index contributed by atoms with van der Waals surface area (Å²) in [6, 6.07) is -1.38. The first-order valence-corrected chi connectivity index (χ1v) is 6.43. The molecule has 0 spiro atoms. The fraction of sp³-hybridized carbons (Fsp3) is 0.667. The highest BCUT2D eigenvalue weighted by molar-refractivity contribution is 5.92. The minimum absolute atomic E-state index is 0.0124. The van der Waals surface area contributed by atoms with Gasteiger partial charge in [-0.25, -0.2) is 4.79 Å². The summed E-state index contributed by atoms with van der Waals surface area (Å²) in [4.78, 5) is 46.9. The van der Waals surface area contributed by atoms with Gasteiger partial charge in [-0.05, 0) is 0 Å². The van der Waals surface area contributed by atoms with Crippen molar-refractivity contribution in [3.8, 4) is 0 Å². The number of nitrogens with zero attached hydrogens (tertiary/aromatic N) is 1. The van der Waals surface area contributed by atoms with Crippen molar-refractivity contribution in [3.63, 3.8) is 0 Å². The number of rotatable bonds is 8. The van der Waals surface area contributed by atoms with Gasteiger partial charge in [0.15, 0.2) is 0 Å². The molecule has 1 rings (SSSR count). The summed E-state index contributed by atoms with van der Waals surface area (Å²) in [7, 11) is 1.51. The summed E-state index contributed by atoms with van der Waals surface area (Å²) in [5.41, 5.74) is 4.93. The predicted octanol–water partition coefficient (Wildman–Crippen LogP) is -2.07. The number of hydrogen-bond acceptors (Lipinski definition) is 5. The fourth-order valence-corrected chi connectivity index (χ4v) is 2.06. The lowest BCUT2D eigenvalue weighted by Gasteiger charge is -2.17. The zero-order valence-corrected chi connectivity index (χ0v) is 11.7. The molecule has 1 saturated heterocycles. The Morgan fingerprint density at radius 3 is 2.71 bits per heavy atom. The van der Waals surface area contributed by atoms with Crippen molar-refractivity contribution >= 4 is 23.7 Å². The summed E-state index contributed by atoms with van der Waals surface area (Å²) in [6.07, 6.45) is -0.479. The second kappa shape index (κ2) is 7.58. The summed E-state index contributed by atoms with van der Waals surface area (Å²) < 4.78 is 4.86. The largest absolute Gasteiger partial charge is 0.480 e. The minimum atomic E-state index is -1.38. The molecule has 0 aromatic heterocycles. The molecule has 0 aromatic carbocycles. The van der Waals surface area contributed by atoms with Gasteiger partial charge >= 0.3 is 5.97 Å². The van der Waals surface area contributed by atoms with Gasteiger partial charge in [-0.1, -0.05) is 0 Å². The first kappa shape index (κ1) is 16.9. The summed E-state index contributed by atoms with van der Waals surface area (Å²) in [5.74, 6) is -3.57. The molecule has 3 amide bonds. The number of methoxy groups -OCH3 is 1. The number of amides is 3. The van der Waals surface area contributed by atoms with Crippen LogP contribution in [-0.4, -0.2) is 66.5 Å². The molecule has 9 nitrogen and oxygen atoms in total. The molecule has 1 heterocycles. The van der Waals surface area contributed by atoms with Crippen LogP contribution in [-0.2, 0) is 23.9 Å². The van der Waals surface area contributed by atoms with E-state index in [1.807, 2.05) is 0 Å². The topological polar surface area (TPSA) is 139 Å². The Labute approximate surface area is 121 Å². The van der Waals surface area contributed by atoms with Gasteiger partial charge in [0.25, 0.3) is 0 Å². The zero-order valence-electron chi connectivity index (χ0n) is 11.7. The number of hydrogen-bond donors (Lipinski definition) is 3. The zero-order chi connectivity index (χ0) is 16.0. The highest BCUT2D eigenvalue weighted by Crippen LogP contribution is 2.18. The van der Waals surface area contributed by atoms with Crippen molar-refractivity contribution in [1.29, 1.82) is 0 Å². The van der Waals surface area contributed by atoms with Gasteiger partial charge in [-0.3, -0.25) is 14.4 Å². The smallest absolute Gasteiger partial charge is 0.326 e. The van der Waals surface area contributed by atoms with Gasteiger partial charge in [0.1, 0.15) is 6.04 Å². The number of primary amides is 1. The highest BCUT2D eigenvalue weighted by atomic mass is 16.5. The van der Waals surface area contributed by atoms with E-state index in [0.29, 0.717) is 13.2 Å². The maximum Gasteiger partial charge on any atom is 0.326 e. The Kier molecular flexibility index (Phi) is 6.10. The molecule has 21 heavy (non-hydrogen) atoms. The number of carboxylic acids is 1. The number of carbonyl (C=O) groups excluding carboxylic acids is 3. The number of ether oxygens (including phenoxy) is 1. The van der Waals surface area contributed by atoms with Crippen LogP contribution < -0.4 is 11.1 Å². The average Bonchev–Trinajstić information content (AvgIpc) is 2.76. The molecule has 118 valence electrons. The molecule has 9 heteroatoms. The van der Waals surface area contributed by atoms with E-state index >= 15 is 0 Å². The Balaban J connectivity index is 2.57. The van der Waals surface area contributed by atoms with Crippen LogP contribution in [0.15, 0.2) is 0 Å². The van der Waals surface area contributed by atoms with E-state index in [-0.39, 0.29) is 18.9 Å². The number of nitrogens with two attached hydrogens (primary N) is 1. The van der Waals surface area contributed by atoms with Crippen LogP contribution in [0.1, 0.15) is 12.8 Å².